The summed E-state index contributed by atoms with van der Waals surface area (Å²) in [6.07, 6.45) is 0. The molecule has 100 valence electrons. The lowest BCUT2D eigenvalue weighted by Gasteiger charge is -2.34. The highest BCUT2D eigenvalue weighted by molar-refractivity contribution is 9.10. The van der Waals surface area contributed by atoms with Gasteiger partial charge in [-0.1, -0.05) is 15.9 Å². The molecular formula is C9H18BrN3O3S. The molecule has 1 saturated heterocycles. The predicted molar refractivity (Wildman–Crippen MR) is 69.4 cm³/mol. The molecular weight excluding hydrogens is 310 g/mol. The summed E-state index contributed by atoms with van der Waals surface area (Å²) in [5.41, 5.74) is 0. The highest BCUT2D eigenvalue weighted by Crippen LogP contribution is 2.10. The van der Waals surface area contributed by atoms with Crippen molar-refractivity contribution in [3.63, 3.8) is 0 Å². The zero-order chi connectivity index (χ0) is 13.1. The summed E-state index contributed by atoms with van der Waals surface area (Å²) in [5.74, 6) is 0.0471. The van der Waals surface area contributed by atoms with Crippen LogP contribution in [0.1, 0.15) is 0 Å². The Kier molecular flexibility index (Phi) is 5.36. The number of sulfonamides is 1. The van der Waals surface area contributed by atoms with Gasteiger partial charge in [-0.15, -0.1) is 0 Å². The maximum atomic E-state index is 11.7. The van der Waals surface area contributed by atoms with Crippen LogP contribution < -0.4 is 0 Å². The second-order valence-electron chi connectivity index (χ2n) is 4.24. The van der Waals surface area contributed by atoms with Gasteiger partial charge in [0.1, 0.15) is 4.66 Å². The van der Waals surface area contributed by atoms with Gasteiger partial charge in [-0.05, 0) is 14.1 Å². The van der Waals surface area contributed by atoms with Gasteiger partial charge in [-0.25, -0.2) is 8.42 Å². The molecule has 0 bridgehead atoms. The number of piperazine rings is 1. The number of likely N-dealkylation sites (N-methyl/N-ethyl adjacent to an activating group) is 1. The highest BCUT2D eigenvalue weighted by atomic mass is 79.9. The second-order valence-corrected chi connectivity index (χ2v) is 7.51. The monoisotopic (exact) mass is 327 g/mol. The van der Waals surface area contributed by atoms with Gasteiger partial charge >= 0.3 is 0 Å². The SMILES string of the molecule is CN(C)CC(=O)N1CCN(S(=O)(=O)CBr)CC1. The van der Waals surface area contributed by atoms with Crippen molar-refractivity contribution >= 4 is 31.9 Å². The van der Waals surface area contributed by atoms with E-state index < -0.39 is 10.0 Å². The number of nitrogens with zero attached hydrogens (tertiary/aromatic N) is 3. The molecule has 0 aromatic heterocycles. The lowest BCUT2D eigenvalue weighted by Crippen LogP contribution is -2.52. The molecule has 1 heterocycles. The van der Waals surface area contributed by atoms with Gasteiger partial charge in [0, 0.05) is 26.2 Å². The number of halogens is 1. The van der Waals surface area contributed by atoms with Crippen molar-refractivity contribution in [2.75, 3.05) is 51.5 Å². The topological polar surface area (TPSA) is 60.9 Å². The van der Waals surface area contributed by atoms with Crippen LogP contribution in [0.25, 0.3) is 0 Å². The average molecular weight is 328 g/mol. The zero-order valence-electron chi connectivity index (χ0n) is 10.1. The third kappa shape index (κ3) is 4.20. The van der Waals surface area contributed by atoms with E-state index in [4.69, 9.17) is 0 Å². The molecule has 1 aliphatic rings. The number of alkyl halides is 1. The van der Waals surface area contributed by atoms with Crippen LogP contribution in [0.4, 0.5) is 0 Å². The van der Waals surface area contributed by atoms with E-state index in [1.165, 1.54) is 4.31 Å². The Labute approximate surface area is 111 Å². The first-order valence-corrected chi connectivity index (χ1v) is 8.06. The number of amides is 1. The van der Waals surface area contributed by atoms with Crippen molar-refractivity contribution in [3.8, 4) is 0 Å². The molecule has 0 unspecified atom stereocenters. The lowest BCUT2D eigenvalue weighted by atomic mass is 10.3. The van der Waals surface area contributed by atoms with E-state index in [0.717, 1.165) is 0 Å². The van der Waals surface area contributed by atoms with Crippen molar-refractivity contribution in [1.82, 2.24) is 14.1 Å². The molecule has 6 nitrogen and oxygen atoms in total. The molecule has 0 aromatic carbocycles. The predicted octanol–water partition coefficient (Wildman–Crippen LogP) is -0.626. The molecule has 0 aromatic rings. The van der Waals surface area contributed by atoms with Crippen LogP contribution in [0.15, 0.2) is 0 Å². The molecule has 0 spiro atoms. The molecule has 1 aliphatic heterocycles. The van der Waals surface area contributed by atoms with Crippen molar-refractivity contribution in [2.24, 2.45) is 0 Å². The van der Waals surface area contributed by atoms with Crippen LogP contribution in [0.3, 0.4) is 0 Å². The third-order valence-electron chi connectivity index (χ3n) is 2.57. The first kappa shape index (κ1) is 14.9. The Hall–Kier alpha value is -0.180. The van der Waals surface area contributed by atoms with Crippen LogP contribution in [0.2, 0.25) is 0 Å². The number of hydrogen-bond acceptors (Lipinski definition) is 4. The first-order chi connectivity index (χ1) is 7.86. The van der Waals surface area contributed by atoms with E-state index in [2.05, 4.69) is 15.9 Å². The fourth-order valence-electron chi connectivity index (χ4n) is 1.66. The van der Waals surface area contributed by atoms with E-state index >= 15 is 0 Å². The summed E-state index contributed by atoms with van der Waals surface area (Å²) in [6.45, 7) is 2.07. The van der Waals surface area contributed by atoms with Gasteiger partial charge in [0.15, 0.2) is 0 Å². The number of carbonyl (C=O) groups is 1. The zero-order valence-corrected chi connectivity index (χ0v) is 12.5. The van der Waals surface area contributed by atoms with E-state index in [1.807, 2.05) is 19.0 Å². The lowest BCUT2D eigenvalue weighted by molar-refractivity contribution is -0.133. The number of hydrogen-bond donors (Lipinski definition) is 0. The molecule has 0 radical (unpaired) electrons. The summed E-state index contributed by atoms with van der Waals surface area (Å²) in [5, 5.41) is 0. The summed E-state index contributed by atoms with van der Waals surface area (Å²) < 4.78 is 24.5. The fourth-order valence-corrected chi connectivity index (χ4v) is 3.38. The van der Waals surface area contributed by atoms with Gasteiger partial charge in [0.25, 0.3) is 0 Å². The fraction of sp³-hybridized carbons (Fsp3) is 0.889. The smallest absolute Gasteiger partial charge is 0.236 e. The van der Waals surface area contributed by atoms with Crippen molar-refractivity contribution in [3.05, 3.63) is 0 Å². The molecule has 1 amide bonds. The molecule has 0 aliphatic carbocycles. The van der Waals surface area contributed by atoms with Crippen molar-refractivity contribution in [1.29, 1.82) is 0 Å². The maximum Gasteiger partial charge on any atom is 0.236 e. The Bertz CT molecular complexity index is 364. The van der Waals surface area contributed by atoms with Crippen LogP contribution in [-0.4, -0.2) is 79.9 Å². The summed E-state index contributed by atoms with van der Waals surface area (Å²) in [7, 11) is 0.482. The minimum Gasteiger partial charge on any atom is -0.339 e. The number of rotatable bonds is 4. The molecule has 0 N–H and O–H groups in total. The van der Waals surface area contributed by atoms with Crippen LogP contribution in [0.5, 0.6) is 0 Å². The minimum absolute atomic E-state index is 0.0471. The average Bonchev–Trinajstić information content (AvgIpc) is 2.28. The second kappa shape index (κ2) is 6.12. The van der Waals surface area contributed by atoms with E-state index in [1.54, 1.807) is 4.90 Å². The molecule has 1 rings (SSSR count). The quantitative estimate of drug-likeness (QED) is 0.645. The maximum absolute atomic E-state index is 11.7. The minimum atomic E-state index is -3.19. The standard InChI is InChI=1S/C9H18BrN3O3S/c1-11(2)7-9(14)12-3-5-13(6-4-12)17(15,16)8-10/h3-8H2,1-2H3. The molecule has 1 fully saturated rings. The van der Waals surface area contributed by atoms with Crippen LogP contribution in [0, 0.1) is 0 Å². The third-order valence-corrected chi connectivity index (χ3v) is 5.74. The molecule has 8 heteroatoms. The normalized spacial score (nSPS) is 18.7. The van der Waals surface area contributed by atoms with Gasteiger partial charge in [-0.2, -0.15) is 4.31 Å². The summed E-state index contributed by atoms with van der Waals surface area (Å²) in [4.78, 5) is 15.3. The summed E-state index contributed by atoms with van der Waals surface area (Å²) in [6, 6.07) is 0. The first-order valence-electron chi connectivity index (χ1n) is 5.33. The Morgan fingerprint density at radius 1 is 1.24 bits per heavy atom. The number of carbonyl (C=O) groups excluding carboxylic acids is 1. The van der Waals surface area contributed by atoms with Crippen LogP contribution >= 0.6 is 15.9 Å². The van der Waals surface area contributed by atoms with Gasteiger partial charge < -0.3 is 9.80 Å². The van der Waals surface area contributed by atoms with E-state index in [0.29, 0.717) is 32.7 Å². The highest BCUT2D eigenvalue weighted by Gasteiger charge is 2.27. The van der Waals surface area contributed by atoms with Gasteiger partial charge in [0.05, 0.1) is 6.54 Å². The molecule has 0 atom stereocenters. The van der Waals surface area contributed by atoms with Gasteiger partial charge in [0.2, 0.25) is 15.9 Å². The van der Waals surface area contributed by atoms with E-state index in [9.17, 15) is 13.2 Å². The summed E-state index contributed by atoms with van der Waals surface area (Å²) >= 11 is 2.97. The van der Waals surface area contributed by atoms with Gasteiger partial charge in [-0.3, -0.25) is 4.79 Å². The largest absolute Gasteiger partial charge is 0.339 e. The Balaban J connectivity index is 2.49. The Morgan fingerprint density at radius 3 is 2.18 bits per heavy atom. The van der Waals surface area contributed by atoms with E-state index in [-0.39, 0.29) is 10.6 Å². The van der Waals surface area contributed by atoms with Crippen molar-refractivity contribution < 1.29 is 13.2 Å². The molecule has 17 heavy (non-hydrogen) atoms. The Morgan fingerprint density at radius 2 is 1.76 bits per heavy atom. The van der Waals surface area contributed by atoms with Crippen molar-refractivity contribution in [2.45, 2.75) is 0 Å². The van der Waals surface area contributed by atoms with Crippen LogP contribution in [-0.2, 0) is 14.8 Å². The molecule has 0 saturated carbocycles.